The van der Waals surface area contributed by atoms with Crippen molar-refractivity contribution in [2.45, 2.75) is 59.4 Å². The van der Waals surface area contributed by atoms with Crippen LogP contribution in [0.3, 0.4) is 0 Å². The molecule has 1 fully saturated rings. The molecular formula is C17H33NO2. The number of hydrogen-bond donors (Lipinski definition) is 0. The molecule has 0 aliphatic heterocycles. The Labute approximate surface area is 125 Å². The Hall–Kier alpha value is -0.410. The van der Waals surface area contributed by atoms with E-state index in [9.17, 15) is 4.79 Å². The van der Waals surface area contributed by atoms with Gasteiger partial charge in [-0.2, -0.15) is 0 Å². The highest BCUT2D eigenvalue weighted by molar-refractivity contribution is 5.82. The van der Waals surface area contributed by atoms with E-state index in [1.165, 1.54) is 6.42 Å². The van der Waals surface area contributed by atoms with Gasteiger partial charge in [-0.05, 0) is 31.1 Å². The van der Waals surface area contributed by atoms with Crippen LogP contribution in [0.5, 0.6) is 0 Å². The number of nitrogens with zero attached hydrogens (tertiary/aromatic N) is 1. The highest BCUT2D eigenvalue weighted by atomic mass is 16.5. The summed E-state index contributed by atoms with van der Waals surface area (Å²) in [6.07, 6.45) is 4.26. The lowest BCUT2D eigenvalue weighted by molar-refractivity contribution is -0.129. The first-order valence-electron chi connectivity index (χ1n) is 8.29. The minimum Gasteiger partial charge on any atom is -0.383 e. The maximum absolute atomic E-state index is 12.4. The molecule has 0 spiro atoms. The molecule has 1 rings (SSSR count). The number of methoxy groups -OCH3 is 1. The lowest BCUT2D eigenvalue weighted by Gasteiger charge is -2.38. The van der Waals surface area contributed by atoms with E-state index >= 15 is 0 Å². The van der Waals surface area contributed by atoms with Gasteiger partial charge in [0, 0.05) is 38.6 Å². The molecule has 0 aromatic carbocycles. The molecule has 1 aliphatic rings. The van der Waals surface area contributed by atoms with E-state index in [1.54, 1.807) is 7.11 Å². The van der Waals surface area contributed by atoms with Crippen LogP contribution in [0.4, 0.5) is 0 Å². The zero-order chi connectivity index (χ0) is 15.1. The fourth-order valence-electron chi connectivity index (χ4n) is 3.67. The van der Waals surface area contributed by atoms with E-state index < -0.39 is 0 Å². The van der Waals surface area contributed by atoms with Gasteiger partial charge in [0.2, 0.25) is 0 Å². The second-order valence-corrected chi connectivity index (χ2v) is 6.55. The second-order valence-electron chi connectivity index (χ2n) is 6.55. The van der Waals surface area contributed by atoms with Crippen molar-refractivity contribution in [3.05, 3.63) is 0 Å². The van der Waals surface area contributed by atoms with Crippen LogP contribution in [0.1, 0.15) is 53.4 Å². The van der Waals surface area contributed by atoms with Crippen LogP contribution in [0.25, 0.3) is 0 Å². The molecule has 1 saturated carbocycles. The van der Waals surface area contributed by atoms with Crippen molar-refractivity contribution in [2.75, 3.05) is 26.8 Å². The van der Waals surface area contributed by atoms with E-state index in [2.05, 4.69) is 32.6 Å². The minimum absolute atomic E-state index is 0.226. The maximum atomic E-state index is 12.4. The Bertz CT molecular complexity index is 289. The van der Waals surface area contributed by atoms with Crippen molar-refractivity contribution in [3.8, 4) is 0 Å². The summed E-state index contributed by atoms with van der Waals surface area (Å²) in [6, 6.07) is 0.574. The molecule has 0 heterocycles. The number of hydrogen-bond acceptors (Lipinski definition) is 3. The fourth-order valence-corrected chi connectivity index (χ4v) is 3.67. The summed E-state index contributed by atoms with van der Waals surface area (Å²) >= 11 is 0. The van der Waals surface area contributed by atoms with Crippen molar-refractivity contribution in [2.24, 2.45) is 17.8 Å². The molecule has 0 bridgehead atoms. The van der Waals surface area contributed by atoms with Gasteiger partial charge in [-0.25, -0.2) is 0 Å². The molecule has 0 amide bonds. The molecule has 0 N–H and O–H groups in total. The predicted octanol–water partition coefficient (Wildman–Crippen LogP) is 3.37. The Morgan fingerprint density at radius 2 is 1.95 bits per heavy atom. The van der Waals surface area contributed by atoms with E-state index in [1.807, 2.05) is 0 Å². The lowest BCUT2D eigenvalue weighted by Crippen LogP contribution is -2.45. The normalized spacial score (nSPS) is 27.6. The Kier molecular flexibility index (Phi) is 7.75. The average molecular weight is 283 g/mol. The molecule has 20 heavy (non-hydrogen) atoms. The van der Waals surface area contributed by atoms with Gasteiger partial charge >= 0.3 is 0 Å². The van der Waals surface area contributed by atoms with Gasteiger partial charge in [0.1, 0.15) is 5.78 Å². The van der Waals surface area contributed by atoms with Crippen LogP contribution < -0.4 is 0 Å². The molecule has 0 aromatic rings. The molecular weight excluding hydrogens is 250 g/mol. The molecule has 1 aliphatic carbocycles. The summed E-state index contributed by atoms with van der Waals surface area (Å²) < 4.78 is 5.24. The van der Waals surface area contributed by atoms with Crippen molar-refractivity contribution < 1.29 is 9.53 Å². The van der Waals surface area contributed by atoms with Crippen LogP contribution in [0, 0.1) is 17.8 Å². The molecule has 0 radical (unpaired) electrons. The molecule has 118 valence electrons. The van der Waals surface area contributed by atoms with Crippen LogP contribution in [-0.2, 0) is 9.53 Å². The smallest absolute Gasteiger partial charge is 0.137 e. The fraction of sp³-hybridized carbons (Fsp3) is 0.941. The summed E-state index contributed by atoms with van der Waals surface area (Å²) in [5, 5.41) is 0. The zero-order valence-electron chi connectivity index (χ0n) is 14.0. The SMILES string of the molecule is CCC(CC)N(CCOC)CC1C(=O)CC(C)CC1C. The highest BCUT2D eigenvalue weighted by Gasteiger charge is 2.34. The maximum Gasteiger partial charge on any atom is 0.137 e. The van der Waals surface area contributed by atoms with Gasteiger partial charge in [0.15, 0.2) is 0 Å². The van der Waals surface area contributed by atoms with Gasteiger partial charge in [-0.3, -0.25) is 9.69 Å². The van der Waals surface area contributed by atoms with Gasteiger partial charge in [0.25, 0.3) is 0 Å². The first-order valence-corrected chi connectivity index (χ1v) is 8.29. The Balaban J connectivity index is 2.69. The predicted molar refractivity (Wildman–Crippen MR) is 83.9 cm³/mol. The summed E-state index contributed by atoms with van der Waals surface area (Å²) in [5.74, 6) is 1.79. The Morgan fingerprint density at radius 1 is 1.30 bits per heavy atom. The van der Waals surface area contributed by atoms with Crippen molar-refractivity contribution in [3.63, 3.8) is 0 Å². The van der Waals surface area contributed by atoms with Gasteiger partial charge in [-0.1, -0.05) is 27.7 Å². The van der Waals surface area contributed by atoms with Gasteiger partial charge in [-0.15, -0.1) is 0 Å². The summed E-state index contributed by atoms with van der Waals surface area (Å²) in [7, 11) is 1.75. The number of rotatable bonds is 8. The molecule has 0 saturated heterocycles. The van der Waals surface area contributed by atoms with Crippen molar-refractivity contribution in [1.82, 2.24) is 4.90 Å². The minimum atomic E-state index is 0.226. The third-order valence-corrected chi connectivity index (χ3v) is 4.90. The molecule has 3 atom stereocenters. The molecule has 3 nitrogen and oxygen atoms in total. The van der Waals surface area contributed by atoms with E-state index in [4.69, 9.17) is 4.74 Å². The number of carbonyl (C=O) groups is 1. The van der Waals surface area contributed by atoms with Crippen molar-refractivity contribution in [1.29, 1.82) is 0 Å². The highest BCUT2D eigenvalue weighted by Crippen LogP contribution is 2.32. The molecule has 3 heteroatoms. The van der Waals surface area contributed by atoms with Crippen LogP contribution in [-0.4, -0.2) is 43.5 Å². The second kappa shape index (κ2) is 8.78. The van der Waals surface area contributed by atoms with E-state index in [-0.39, 0.29) is 5.92 Å². The molecule has 0 aromatic heterocycles. The summed E-state index contributed by atoms with van der Waals surface area (Å²) in [4.78, 5) is 14.9. The average Bonchev–Trinajstić information content (AvgIpc) is 2.40. The summed E-state index contributed by atoms with van der Waals surface area (Å²) in [5.41, 5.74) is 0. The van der Waals surface area contributed by atoms with Crippen molar-refractivity contribution >= 4 is 5.78 Å². The van der Waals surface area contributed by atoms with Gasteiger partial charge < -0.3 is 4.74 Å². The lowest BCUT2D eigenvalue weighted by atomic mass is 9.74. The molecule has 3 unspecified atom stereocenters. The zero-order valence-corrected chi connectivity index (χ0v) is 14.0. The largest absolute Gasteiger partial charge is 0.383 e. The topological polar surface area (TPSA) is 29.5 Å². The Morgan fingerprint density at radius 3 is 2.45 bits per heavy atom. The third kappa shape index (κ3) is 4.85. The summed E-state index contributed by atoms with van der Waals surface area (Å²) in [6.45, 7) is 11.5. The van der Waals surface area contributed by atoms with Crippen LogP contribution in [0.15, 0.2) is 0 Å². The third-order valence-electron chi connectivity index (χ3n) is 4.90. The number of ether oxygens (including phenoxy) is 1. The number of Topliss-reactive ketones (excluding diaryl/α,β-unsaturated/α-hetero) is 1. The van der Waals surface area contributed by atoms with Gasteiger partial charge in [0.05, 0.1) is 6.61 Å². The quantitative estimate of drug-likeness (QED) is 0.684. The van der Waals surface area contributed by atoms with Crippen LogP contribution in [0.2, 0.25) is 0 Å². The van der Waals surface area contributed by atoms with E-state index in [0.717, 1.165) is 39.0 Å². The first kappa shape index (κ1) is 17.6. The van der Waals surface area contributed by atoms with E-state index in [0.29, 0.717) is 23.7 Å². The number of ketones is 1. The number of carbonyl (C=O) groups excluding carboxylic acids is 1. The first-order chi connectivity index (χ1) is 9.53. The monoisotopic (exact) mass is 283 g/mol. The standard InChI is InChI=1S/C17H33NO2/c1-6-15(7-2)18(8-9-20-5)12-16-14(4)10-13(3)11-17(16)19/h13-16H,6-12H2,1-5H3. The van der Waals surface area contributed by atoms with Crippen LogP contribution >= 0.6 is 0 Å².